The van der Waals surface area contributed by atoms with Gasteiger partial charge in [0, 0.05) is 48.9 Å². The standard InChI is InChI=1S/C52H42N10O2/c63-51(41-23-13-25-45(57-41)53-37-15-5-1-6-16-37)49-43(27-29-47(59-49)55-39-19-9-3-10-20-39)61-31-35-33-62(34-36(35)32-61)44-28-30-48(56-40-21-11-4-12-22-40)60-50(44)52(64)42-24-14-26-46(58-42)54-38-17-7-2-8-18-38/h1-30H,31-34H2,(H,53,57)(H,54,58)(H,55,59)(H,56,60). The number of pyridine rings is 4. The molecule has 0 aliphatic carbocycles. The fourth-order valence-electron chi connectivity index (χ4n) is 7.99. The number of hydrogen-bond donors (Lipinski definition) is 4. The molecule has 8 aromatic rings. The van der Waals surface area contributed by atoms with Crippen molar-refractivity contribution in [2.45, 2.75) is 0 Å². The molecule has 12 nitrogen and oxygen atoms in total. The first-order chi connectivity index (χ1) is 31.5. The largest absolute Gasteiger partial charge is 0.362 e. The summed E-state index contributed by atoms with van der Waals surface area (Å²) in [7, 11) is 0. The third-order valence-electron chi connectivity index (χ3n) is 11.0. The highest BCUT2D eigenvalue weighted by atomic mass is 16.1. The zero-order valence-electron chi connectivity index (χ0n) is 34.6. The minimum absolute atomic E-state index is 0.281. The first-order valence-electron chi connectivity index (χ1n) is 21.0. The molecule has 0 saturated carbocycles. The van der Waals surface area contributed by atoms with Crippen LogP contribution in [-0.4, -0.2) is 57.7 Å². The van der Waals surface area contributed by atoms with E-state index < -0.39 is 0 Å². The smallest absolute Gasteiger partial charge is 0.231 e. The van der Waals surface area contributed by atoms with Crippen molar-refractivity contribution >= 4 is 69.0 Å². The molecule has 10 rings (SSSR count). The first-order valence-corrected chi connectivity index (χ1v) is 21.0. The molecule has 312 valence electrons. The van der Waals surface area contributed by atoms with Crippen molar-refractivity contribution in [3.63, 3.8) is 0 Å². The third kappa shape index (κ3) is 8.74. The molecule has 0 saturated heterocycles. The molecule has 2 aliphatic rings. The van der Waals surface area contributed by atoms with Crippen LogP contribution in [0.2, 0.25) is 0 Å². The Bertz CT molecular complexity index is 2780. The second-order valence-corrected chi connectivity index (χ2v) is 15.5. The van der Waals surface area contributed by atoms with E-state index in [1.807, 2.05) is 170 Å². The molecule has 0 bridgehead atoms. The summed E-state index contributed by atoms with van der Waals surface area (Å²) in [5.74, 6) is 1.65. The summed E-state index contributed by atoms with van der Waals surface area (Å²) in [6.07, 6.45) is 0. The van der Waals surface area contributed by atoms with Crippen molar-refractivity contribution in [3.8, 4) is 0 Å². The number of carbonyl (C=O) groups excluding carboxylic acids is 2. The number of anilines is 10. The molecule has 64 heavy (non-hydrogen) atoms. The molecule has 12 heteroatoms. The highest BCUT2D eigenvalue weighted by Crippen LogP contribution is 2.37. The molecule has 0 radical (unpaired) electrons. The molecular formula is C52H42N10O2. The van der Waals surface area contributed by atoms with Crippen molar-refractivity contribution in [1.82, 2.24) is 19.9 Å². The van der Waals surface area contributed by atoms with Gasteiger partial charge in [-0.2, -0.15) is 0 Å². The summed E-state index contributed by atoms with van der Waals surface area (Å²) < 4.78 is 0. The molecule has 0 amide bonds. The third-order valence-corrected chi connectivity index (χ3v) is 11.0. The van der Waals surface area contributed by atoms with Gasteiger partial charge in [-0.15, -0.1) is 0 Å². The van der Waals surface area contributed by atoms with Crippen LogP contribution >= 0.6 is 0 Å². The molecule has 0 unspecified atom stereocenters. The molecule has 2 aliphatic heterocycles. The van der Waals surface area contributed by atoms with E-state index in [-0.39, 0.29) is 23.0 Å². The second kappa shape index (κ2) is 17.8. The van der Waals surface area contributed by atoms with Crippen LogP contribution in [0.25, 0.3) is 0 Å². The van der Waals surface area contributed by atoms with Crippen LogP contribution in [0, 0.1) is 0 Å². The Morgan fingerprint density at radius 2 is 0.656 bits per heavy atom. The number of ketones is 2. The van der Waals surface area contributed by atoms with Crippen LogP contribution in [0.1, 0.15) is 32.4 Å². The molecule has 0 spiro atoms. The fourth-order valence-corrected chi connectivity index (χ4v) is 7.99. The number of rotatable bonds is 14. The zero-order chi connectivity index (χ0) is 43.2. The molecule has 6 heterocycles. The summed E-state index contributed by atoms with van der Waals surface area (Å²) in [6, 6.07) is 57.5. The highest BCUT2D eigenvalue weighted by Gasteiger charge is 2.34. The van der Waals surface area contributed by atoms with E-state index in [0.29, 0.717) is 60.8 Å². The van der Waals surface area contributed by atoms with Crippen molar-refractivity contribution in [3.05, 3.63) is 216 Å². The van der Waals surface area contributed by atoms with E-state index in [1.165, 1.54) is 11.1 Å². The maximum Gasteiger partial charge on any atom is 0.231 e. The molecule has 4 aromatic carbocycles. The minimum atomic E-state index is -0.285. The van der Waals surface area contributed by atoms with Gasteiger partial charge in [0.1, 0.15) is 46.0 Å². The minimum Gasteiger partial charge on any atom is -0.362 e. The van der Waals surface area contributed by atoms with E-state index >= 15 is 0 Å². The summed E-state index contributed by atoms with van der Waals surface area (Å²) >= 11 is 0. The van der Waals surface area contributed by atoms with Crippen LogP contribution in [0.15, 0.2) is 193 Å². The van der Waals surface area contributed by atoms with E-state index in [9.17, 15) is 9.59 Å². The number of hydrogen-bond acceptors (Lipinski definition) is 12. The van der Waals surface area contributed by atoms with Gasteiger partial charge in [-0.25, -0.2) is 19.9 Å². The monoisotopic (exact) mass is 838 g/mol. The SMILES string of the molecule is O=C(c1cccc(Nc2ccccc2)n1)c1nc(Nc2ccccc2)ccc1N1CC2=C(C1)CN(c1ccc(Nc3ccccc3)nc1C(=O)c1cccc(Nc3ccccc3)n1)C2. The van der Waals surface area contributed by atoms with Gasteiger partial charge in [0.25, 0.3) is 0 Å². The van der Waals surface area contributed by atoms with Gasteiger partial charge < -0.3 is 31.1 Å². The summed E-state index contributed by atoms with van der Waals surface area (Å²) in [5.41, 5.74) is 8.50. The Labute approximate surface area is 370 Å². The van der Waals surface area contributed by atoms with Crippen LogP contribution in [0.3, 0.4) is 0 Å². The molecule has 4 aromatic heterocycles. The van der Waals surface area contributed by atoms with Gasteiger partial charge in [-0.05, 0) is 108 Å². The first kappa shape index (κ1) is 39.5. The van der Waals surface area contributed by atoms with E-state index in [0.717, 1.165) is 34.1 Å². The van der Waals surface area contributed by atoms with E-state index in [4.69, 9.17) is 19.9 Å². The quantitative estimate of drug-likeness (QED) is 0.0612. The Hall–Kier alpha value is -8.64. The lowest BCUT2D eigenvalue weighted by Gasteiger charge is -2.27. The summed E-state index contributed by atoms with van der Waals surface area (Å²) in [4.78, 5) is 52.7. The van der Waals surface area contributed by atoms with Gasteiger partial charge >= 0.3 is 0 Å². The van der Waals surface area contributed by atoms with Gasteiger partial charge in [0.05, 0.1) is 11.4 Å². The lowest BCUT2D eigenvalue weighted by molar-refractivity contribution is 0.102. The number of carbonyl (C=O) groups is 2. The second-order valence-electron chi connectivity index (χ2n) is 15.5. The fraction of sp³-hybridized carbons (Fsp3) is 0.0769. The number of benzene rings is 4. The topological polar surface area (TPSA) is 140 Å². The number of nitrogens with zero attached hydrogens (tertiary/aromatic N) is 6. The normalized spacial score (nSPS) is 13.1. The number of para-hydroxylation sites is 4. The van der Waals surface area contributed by atoms with Gasteiger partial charge in [-0.3, -0.25) is 9.59 Å². The summed E-state index contributed by atoms with van der Waals surface area (Å²) in [6.45, 7) is 2.34. The number of nitrogens with one attached hydrogen (secondary N) is 4. The predicted molar refractivity (Wildman–Crippen MR) is 254 cm³/mol. The number of aromatic nitrogens is 4. The Kier molecular flexibility index (Phi) is 11.0. The van der Waals surface area contributed by atoms with Crippen molar-refractivity contribution in [1.29, 1.82) is 0 Å². The molecule has 4 N–H and O–H groups in total. The van der Waals surface area contributed by atoms with E-state index in [1.54, 1.807) is 12.1 Å². The molecule has 0 atom stereocenters. The van der Waals surface area contributed by atoms with Crippen LogP contribution in [0.4, 0.5) is 57.4 Å². The van der Waals surface area contributed by atoms with Crippen LogP contribution in [0.5, 0.6) is 0 Å². The Balaban J connectivity index is 0.919. The Morgan fingerprint density at radius 3 is 0.984 bits per heavy atom. The van der Waals surface area contributed by atoms with Gasteiger partial charge in [0.15, 0.2) is 0 Å². The van der Waals surface area contributed by atoms with E-state index in [2.05, 4.69) is 31.1 Å². The van der Waals surface area contributed by atoms with Crippen LogP contribution < -0.4 is 31.1 Å². The van der Waals surface area contributed by atoms with Crippen molar-refractivity contribution in [2.24, 2.45) is 0 Å². The highest BCUT2D eigenvalue weighted by molar-refractivity contribution is 6.11. The average molecular weight is 839 g/mol. The Morgan fingerprint density at radius 1 is 0.344 bits per heavy atom. The van der Waals surface area contributed by atoms with Gasteiger partial charge in [-0.1, -0.05) is 84.9 Å². The predicted octanol–water partition coefficient (Wildman–Crippen LogP) is 10.3. The maximum absolute atomic E-state index is 14.5. The average Bonchev–Trinajstić information content (AvgIpc) is 3.93. The zero-order valence-corrected chi connectivity index (χ0v) is 34.6. The molecule has 0 fully saturated rings. The summed E-state index contributed by atoms with van der Waals surface area (Å²) in [5, 5.41) is 13.3. The van der Waals surface area contributed by atoms with Gasteiger partial charge in [0.2, 0.25) is 11.6 Å². The lowest BCUT2D eigenvalue weighted by Crippen LogP contribution is -2.32. The van der Waals surface area contributed by atoms with Crippen molar-refractivity contribution < 1.29 is 9.59 Å². The maximum atomic E-state index is 14.5. The lowest BCUT2D eigenvalue weighted by atomic mass is 10.1. The van der Waals surface area contributed by atoms with Crippen molar-refractivity contribution in [2.75, 3.05) is 57.2 Å². The molecular weight excluding hydrogens is 797 g/mol. The van der Waals surface area contributed by atoms with Crippen LogP contribution in [-0.2, 0) is 0 Å².